The number of aromatic amines is 2. The lowest BCUT2D eigenvalue weighted by Crippen LogP contribution is -2.81. The number of hydrazone groups is 1. The van der Waals surface area contributed by atoms with E-state index < -0.39 is 81.3 Å². The van der Waals surface area contributed by atoms with E-state index in [0.29, 0.717) is 94.5 Å². The van der Waals surface area contributed by atoms with Crippen LogP contribution in [0.2, 0.25) is 0 Å². The van der Waals surface area contributed by atoms with Gasteiger partial charge in [0.25, 0.3) is 11.5 Å². The number of aliphatic hydroxyl groups is 3. The summed E-state index contributed by atoms with van der Waals surface area (Å²) in [4.78, 5) is 78.4. The van der Waals surface area contributed by atoms with Crippen LogP contribution >= 0.6 is 0 Å². The Balaban J connectivity index is 1.16. The Labute approximate surface area is 416 Å². The molecule has 1 saturated carbocycles. The van der Waals surface area contributed by atoms with Crippen LogP contribution in [0, 0.1) is 11.3 Å². The van der Waals surface area contributed by atoms with E-state index in [4.69, 9.17) is 14.2 Å². The van der Waals surface area contributed by atoms with Crippen molar-refractivity contribution in [1.29, 1.82) is 0 Å². The number of rotatable bonds is 13. The van der Waals surface area contributed by atoms with Gasteiger partial charge in [0.1, 0.15) is 24.2 Å². The summed E-state index contributed by atoms with van der Waals surface area (Å²) >= 11 is 0. The van der Waals surface area contributed by atoms with Crippen molar-refractivity contribution in [3.05, 3.63) is 104 Å². The van der Waals surface area contributed by atoms with Crippen LogP contribution < -0.4 is 26.3 Å². The highest BCUT2D eigenvalue weighted by atomic mass is 16.6. The fourth-order valence-corrected chi connectivity index (χ4v) is 14.3. The maximum Gasteiger partial charge on any atom is 0.330 e. The first-order valence-corrected chi connectivity index (χ1v) is 25.3. The van der Waals surface area contributed by atoms with Crippen molar-refractivity contribution >= 4 is 41.0 Å². The van der Waals surface area contributed by atoms with E-state index in [9.17, 15) is 34.5 Å². The maximum atomic E-state index is 15.2. The smallest absolute Gasteiger partial charge is 0.330 e. The molecule has 2 bridgehead atoms. The van der Waals surface area contributed by atoms with Gasteiger partial charge < -0.3 is 44.2 Å². The second kappa shape index (κ2) is 18.2. The number of piperidine rings is 1. The second-order valence-corrected chi connectivity index (χ2v) is 21.0. The molecule has 10 rings (SSSR count). The average Bonchev–Trinajstić information content (AvgIpc) is 4.03. The molecule has 3 fully saturated rings. The van der Waals surface area contributed by atoms with Gasteiger partial charge in [-0.15, -0.1) is 0 Å². The Morgan fingerprint density at radius 2 is 1.82 bits per heavy atom. The van der Waals surface area contributed by atoms with Gasteiger partial charge >= 0.3 is 11.7 Å². The number of H-pyrrole nitrogens is 2. The molecule has 6 N–H and O–H groups in total. The molecular weight excluding hydrogens is 925 g/mol. The molecule has 7 heterocycles. The van der Waals surface area contributed by atoms with Gasteiger partial charge in [0.2, 0.25) is 0 Å². The van der Waals surface area contributed by atoms with Crippen molar-refractivity contribution in [2.75, 3.05) is 51.8 Å². The molecule has 0 radical (unpaired) electrons. The first kappa shape index (κ1) is 49.6. The van der Waals surface area contributed by atoms with Gasteiger partial charge in [-0.2, -0.15) is 5.10 Å². The highest BCUT2D eigenvalue weighted by Gasteiger charge is 2.79. The Bertz CT molecular complexity index is 2990. The highest BCUT2D eigenvalue weighted by Crippen LogP contribution is 2.67. The van der Waals surface area contributed by atoms with E-state index in [1.54, 1.807) is 21.1 Å². The molecule has 12 atom stereocenters. The number of ether oxygens (including phenoxy) is 3. The molecule has 19 heteroatoms. The zero-order valence-corrected chi connectivity index (χ0v) is 41.7. The molecule has 2 aromatic carbocycles. The normalized spacial score (nSPS) is 33.5. The van der Waals surface area contributed by atoms with E-state index in [0.717, 1.165) is 44.6 Å². The van der Waals surface area contributed by atoms with Crippen molar-refractivity contribution in [2.24, 2.45) is 16.4 Å². The fraction of sp³-hybridized carbons (Fsp3) is 0.547. The Kier molecular flexibility index (Phi) is 12.5. The summed E-state index contributed by atoms with van der Waals surface area (Å²) in [6.45, 7) is 10.1. The van der Waals surface area contributed by atoms with Crippen LogP contribution in [0.5, 0.6) is 5.75 Å². The number of amides is 1. The number of likely N-dealkylation sites (N-methyl/N-ethyl adjacent to an activating group) is 1. The van der Waals surface area contributed by atoms with Crippen LogP contribution in [0.1, 0.15) is 94.8 Å². The zero-order valence-electron chi connectivity index (χ0n) is 41.7. The number of aromatic nitrogens is 3. The molecule has 4 aromatic rings. The zero-order chi connectivity index (χ0) is 51.1. The Morgan fingerprint density at radius 1 is 1.03 bits per heavy atom. The van der Waals surface area contributed by atoms with Crippen LogP contribution in [-0.4, -0.2) is 146 Å². The number of carbonyl (C=O) groups excluding carboxylic acids is 3. The SMILES string of the molecule is CC[C@H](C=O)O[C@H](/C=N\NC(=O)[C@]1(O)C2N(C)c3cc(OC)c([C@@]4(OC(C)=O)C[C@H]5CN(CCc6c4[nH]c4ccccc64)C[C@](O)(CC)C5)cc3C23CCN2CC=C[C@](CC)(C23)[C@H]1O)n1ccc(=O)[nH]c1=O. The number of para-hydroxylation sites is 1. The lowest BCUT2D eigenvalue weighted by atomic mass is 9.47. The maximum absolute atomic E-state index is 15.2. The number of esters is 1. The third-order valence-electron chi connectivity index (χ3n) is 17.3. The molecular formula is C53H66N8O11. The first-order chi connectivity index (χ1) is 34.5. The number of aldehydes is 1. The lowest BCUT2D eigenvalue weighted by molar-refractivity contribution is -0.203. The number of nitrogens with zero attached hydrogens (tertiary/aromatic N) is 5. The number of fused-ring (bicyclic) bond motifs is 6. The minimum absolute atomic E-state index is 0.136. The number of carbonyl (C=O) groups is 3. The minimum Gasteiger partial charge on any atom is -0.496 e. The molecule has 1 amide bonds. The second-order valence-electron chi connectivity index (χ2n) is 21.0. The highest BCUT2D eigenvalue weighted by molar-refractivity contribution is 5.91. The first-order valence-electron chi connectivity index (χ1n) is 25.3. The molecule has 2 saturated heterocycles. The number of benzene rings is 2. The van der Waals surface area contributed by atoms with E-state index in [1.165, 1.54) is 13.1 Å². The number of aliphatic hydroxyl groups excluding tert-OH is 1. The third kappa shape index (κ3) is 7.35. The number of methoxy groups -OCH3 is 1. The van der Waals surface area contributed by atoms with E-state index >= 15 is 4.79 Å². The lowest BCUT2D eigenvalue weighted by Gasteiger charge is -2.63. The molecule has 1 aliphatic carbocycles. The topological polar surface area (TPSA) is 244 Å². The summed E-state index contributed by atoms with van der Waals surface area (Å²) in [7, 11) is 3.36. The predicted octanol–water partition coefficient (Wildman–Crippen LogP) is 2.74. The van der Waals surface area contributed by atoms with Gasteiger partial charge in [-0.1, -0.05) is 51.1 Å². The van der Waals surface area contributed by atoms with Crippen LogP contribution in [0.25, 0.3) is 10.9 Å². The van der Waals surface area contributed by atoms with Crippen LogP contribution in [0.4, 0.5) is 5.69 Å². The summed E-state index contributed by atoms with van der Waals surface area (Å²) in [6, 6.07) is 11.6. The van der Waals surface area contributed by atoms with Gasteiger partial charge in [0, 0.05) is 104 Å². The van der Waals surface area contributed by atoms with E-state index in [2.05, 4.69) is 42.4 Å². The predicted molar refractivity (Wildman–Crippen MR) is 267 cm³/mol. The summed E-state index contributed by atoms with van der Waals surface area (Å²) in [5.41, 5.74) is -1.66. The van der Waals surface area contributed by atoms with Crippen molar-refractivity contribution in [3.63, 3.8) is 0 Å². The van der Waals surface area contributed by atoms with Gasteiger partial charge in [-0.3, -0.25) is 33.7 Å². The molecule has 384 valence electrons. The van der Waals surface area contributed by atoms with Gasteiger partial charge in [-0.05, 0) is 74.2 Å². The van der Waals surface area contributed by atoms with Crippen molar-refractivity contribution in [1.82, 2.24) is 29.8 Å². The number of hydrogen-bond donors (Lipinski definition) is 6. The van der Waals surface area contributed by atoms with Crippen LogP contribution in [-0.2, 0) is 41.3 Å². The van der Waals surface area contributed by atoms with Gasteiger partial charge in [0.05, 0.1) is 30.7 Å². The van der Waals surface area contributed by atoms with Gasteiger partial charge in [0.15, 0.2) is 17.4 Å². The molecule has 6 aliphatic rings. The summed E-state index contributed by atoms with van der Waals surface area (Å²) < 4.78 is 20.2. The van der Waals surface area contributed by atoms with Crippen molar-refractivity contribution in [2.45, 2.75) is 125 Å². The molecule has 5 aliphatic heterocycles. The molecule has 4 unspecified atom stereocenters. The summed E-state index contributed by atoms with van der Waals surface area (Å²) in [5.74, 6) is -1.27. The Morgan fingerprint density at radius 3 is 2.53 bits per heavy atom. The molecule has 2 aromatic heterocycles. The minimum atomic E-state index is -2.57. The number of hydrogen-bond acceptors (Lipinski definition) is 15. The monoisotopic (exact) mass is 990 g/mol. The summed E-state index contributed by atoms with van der Waals surface area (Å²) in [6.07, 6.45) is 5.69. The van der Waals surface area contributed by atoms with E-state index in [-0.39, 0.29) is 12.3 Å². The van der Waals surface area contributed by atoms with Crippen molar-refractivity contribution in [3.8, 4) is 5.75 Å². The molecule has 1 spiro atoms. The molecule has 72 heavy (non-hydrogen) atoms. The van der Waals surface area contributed by atoms with Crippen LogP contribution in [0.3, 0.4) is 0 Å². The fourth-order valence-electron chi connectivity index (χ4n) is 14.3. The largest absolute Gasteiger partial charge is 0.496 e. The van der Waals surface area contributed by atoms with Crippen LogP contribution in [0.15, 0.2) is 75.5 Å². The standard InChI is InChI=1S/C53H66N8O11/c1-7-33(29-62)71-42(61-21-16-41(64)56-48(61)67)27-54-57-47(66)53(69)45-51(18-22-60-19-12-17-50(9-3,44(51)60)46(53)65)36-23-37(40(70-6)24-39(36)58(45)5)52(72-31(4)63)26-32-25-49(68,8-2)30-59(28-32)20-15-35-34-13-10-11-14-38(34)55-43(35)52/h10-14,16-17,21,23-24,27,29,32-33,42,44-46,55,65,68-69H,7-9,15,18-20,22,25-26,28,30H2,1-6H3,(H,57,66)(H,56,64,67)/b54-27-/t32-,33+,42+,44?,45?,46+,49-,50+,51?,52-,53-/m0/s1. The Hall–Kier alpha value is -5.96. The summed E-state index contributed by atoms with van der Waals surface area (Å²) in [5, 5.41) is 43.8. The van der Waals surface area contributed by atoms with E-state index in [1.807, 2.05) is 55.2 Å². The van der Waals surface area contributed by atoms with Crippen molar-refractivity contribution < 1.29 is 43.9 Å². The number of nitrogens with one attached hydrogen (secondary N) is 3. The average molecular weight is 991 g/mol. The number of anilines is 1. The molecule has 19 nitrogen and oxygen atoms in total. The van der Waals surface area contributed by atoms with Gasteiger partial charge in [-0.25, -0.2) is 10.2 Å². The third-order valence-corrected chi connectivity index (χ3v) is 17.3. The quantitative estimate of drug-likeness (QED) is 0.0371.